The van der Waals surface area contributed by atoms with Crippen molar-refractivity contribution in [2.45, 2.75) is 44.3 Å². The zero-order valence-corrected chi connectivity index (χ0v) is 23.2. The third kappa shape index (κ3) is 5.35. The van der Waals surface area contributed by atoms with E-state index in [0.717, 1.165) is 73.6 Å². The van der Waals surface area contributed by atoms with Crippen molar-refractivity contribution in [2.75, 3.05) is 32.7 Å². The van der Waals surface area contributed by atoms with Crippen LogP contribution in [0.25, 0.3) is 0 Å². The van der Waals surface area contributed by atoms with E-state index in [1.807, 2.05) is 31.0 Å². The highest BCUT2D eigenvalue weighted by Crippen LogP contribution is 2.38. The number of likely N-dealkylation sites (tertiary alicyclic amines) is 1. The number of piperidine rings is 1. The van der Waals surface area contributed by atoms with Gasteiger partial charge in [-0.1, -0.05) is 17.7 Å². The van der Waals surface area contributed by atoms with Crippen molar-refractivity contribution < 1.29 is 4.79 Å². The van der Waals surface area contributed by atoms with Gasteiger partial charge in [0.2, 0.25) is 5.91 Å². The van der Waals surface area contributed by atoms with Gasteiger partial charge >= 0.3 is 0 Å². The fourth-order valence-electron chi connectivity index (χ4n) is 6.28. The molecule has 7 nitrogen and oxygen atoms in total. The standard InChI is InChI=1S/C28H32BrClN6O/c29-22-12-21-4-3-20-13-23(30)5-6-24(20)27(26(21)33-14-22)35-11-8-32-25(17-35)28(37)36-9-1-2-19(16-36)15-34-10-7-31-18-34/h5-7,10,12-14,18-19,25,27,32H,1-4,8-9,11,15-17H2/t19-,25+,27+/m0/s1. The Labute approximate surface area is 231 Å². The third-order valence-corrected chi connectivity index (χ3v) is 8.69. The van der Waals surface area contributed by atoms with E-state index < -0.39 is 0 Å². The minimum atomic E-state index is -0.223. The highest BCUT2D eigenvalue weighted by atomic mass is 79.9. The number of pyridine rings is 1. The summed E-state index contributed by atoms with van der Waals surface area (Å²) in [6.45, 7) is 4.84. The minimum absolute atomic E-state index is 0.00520. The second-order valence-corrected chi connectivity index (χ2v) is 11.8. The molecular weight excluding hydrogens is 552 g/mol. The molecule has 9 heteroatoms. The van der Waals surface area contributed by atoms with E-state index in [9.17, 15) is 4.79 Å². The van der Waals surface area contributed by atoms with Gasteiger partial charge in [-0.3, -0.25) is 14.7 Å². The van der Waals surface area contributed by atoms with Crippen LogP contribution in [0.5, 0.6) is 0 Å². The summed E-state index contributed by atoms with van der Waals surface area (Å²) in [5, 5.41) is 4.30. The zero-order chi connectivity index (χ0) is 25.4. The first-order chi connectivity index (χ1) is 18.0. The van der Waals surface area contributed by atoms with Crippen molar-refractivity contribution in [3.63, 3.8) is 0 Å². The third-order valence-electron chi connectivity index (χ3n) is 8.02. The number of hydrogen-bond donors (Lipinski definition) is 1. The highest BCUT2D eigenvalue weighted by Gasteiger charge is 2.37. The van der Waals surface area contributed by atoms with Crippen LogP contribution < -0.4 is 5.32 Å². The van der Waals surface area contributed by atoms with Crippen molar-refractivity contribution in [1.82, 2.24) is 29.7 Å². The molecule has 1 amide bonds. The molecule has 2 aromatic heterocycles. The van der Waals surface area contributed by atoms with E-state index in [0.29, 0.717) is 12.5 Å². The zero-order valence-electron chi connectivity index (χ0n) is 20.8. The van der Waals surface area contributed by atoms with Crippen molar-refractivity contribution in [3.05, 3.63) is 81.1 Å². The first kappa shape index (κ1) is 25.0. The molecule has 0 spiro atoms. The van der Waals surface area contributed by atoms with Gasteiger partial charge in [0.05, 0.1) is 24.1 Å². The van der Waals surface area contributed by atoms with Gasteiger partial charge in [-0.05, 0) is 82.4 Å². The Morgan fingerprint density at radius 2 is 2.05 bits per heavy atom. The number of fused-ring (bicyclic) bond motifs is 2. The minimum Gasteiger partial charge on any atom is -0.341 e. The monoisotopic (exact) mass is 582 g/mol. The molecule has 4 heterocycles. The lowest BCUT2D eigenvalue weighted by molar-refractivity contribution is -0.136. The second kappa shape index (κ2) is 10.8. The Balaban J connectivity index is 1.23. The summed E-state index contributed by atoms with van der Waals surface area (Å²) in [6.07, 6.45) is 11.6. The number of rotatable bonds is 4. The fourth-order valence-corrected chi connectivity index (χ4v) is 6.86. The molecular formula is C28H32BrClN6O. The number of benzene rings is 1. The molecule has 3 atom stereocenters. The summed E-state index contributed by atoms with van der Waals surface area (Å²) >= 11 is 10.0. The molecule has 3 aliphatic rings. The Bertz CT molecular complexity index is 1210. The summed E-state index contributed by atoms with van der Waals surface area (Å²) < 4.78 is 3.12. The predicted octanol–water partition coefficient (Wildman–Crippen LogP) is 4.09. The van der Waals surface area contributed by atoms with Gasteiger partial charge in [-0.15, -0.1) is 0 Å². The maximum atomic E-state index is 13.8. The number of carbonyl (C=O) groups is 1. The number of imidazole rings is 1. The number of nitrogens with zero attached hydrogens (tertiary/aromatic N) is 5. The Morgan fingerprint density at radius 3 is 2.92 bits per heavy atom. The van der Waals surface area contributed by atoms with Crippen LogP contribution in [0.1, 0.15) is 41.3 Å². The fraction of sp³-hybridized carbons (Fsp3) is 0.464. The van der Waals surface area contributed by atoms with Crippen LogP contribution in [0.2, 0.25) is 5.02 Å². The molecule has 0 bridgehead atoms. The number of amides is 1. The molecule has 37 heavy (non-hydrogen) atoms. The number of hydrogen-bond acceptors (Lipinski definition) is 5. The molecule has 0 radical (unpaired) electrons. The maximum Gasteiger partial charge on any atom is 0.241 e. The Morgan fingerprint density at radius 1 is 1.16 bits per heavy atom. The van der Waals surface area contributed by atoms with E-state index >= 15 is 0 Å². The summed E-state index contributed by atoms with van der Waals surface area (Å²) in [7, 11) is 0. The van der Waals surface area contributed by atoms with Crippen LogP contribution in [0, 0.1) is 5.92 Å². The number of carbonyl (C=O) groups excluding carboxylic acids is 1. The average Bonchev–Trinajstić information content (AvgIpc) is 3.37. The summed E-state index contributed by atoms with van der Waals surface area (Å²) in [6, 6.07) is 8.22. The van der Waals surface area contributed by atoms with Crippen LogP contribution in [0.15, 0.2) is 53.7 Å². The number of aryl methyl sites for hydroxylation is 2. The van der Waals surface area contributed by atoms with E-state index in [-0.39, 0.29) is 18.0 Å². The lowest BCUT2D eigenvalue weighted by atomic mass is 9.94. The van der Waals surface area contributed by atoms with Crippen molar-refractivity contribution in [3.8, 4) is 0 Å². The molecule has 2 aliphatic heterocycles. The van der Waals surface area contributed by atoms with Crippen LogP contribution in [0.4, 0.5) is 0 Å². The van der Waals surface area contributed by atoms with E-state index in [2.05, 4.69) is 58.8 Å². The lowest BCUT2D eigenvalue weighted by Crippen LogP contribution is -2.59. The molecule has 1 N–H and O–H groups in total. The van der Waals surface area contributed by atoms with Crippen LogP contribution in [-0.2, 0) is 24.2 Å². The lowest BCUT2D eigenvalue weighted by Gasteiger charge is -2.41. The molecule has 1 aromatic carbocycles. The van der Waals surface area contributed by atoms with E-state index in [4.69, 9.17) is 16.6 Å². The van der Waals surface area contributed by atoms with Gasteiger partial charge in [0, 0.05) is 67.4 Å². The number of aromatic nitrogens is 3. The smallest absolute Gasteiger partial charge is 0.241 e. The average molecular weight is 584 g/mol. The molecule has 0 unspecified atom stereocenters. The predicted molar refractivity (Wildman–Crippen MR) is 148 cm³/mol. The van der Waals surface area contributed by atoms with Gasteiger partial charge < -0.3 is 14.8 Å². The van der Waals surface area contributed by atoms with Crippen molar-refractivity contribution >= 4 is 33.4 Å². The van der Waals surface area contributed by atoms with Gasteiger partial charge in [0.1, 0.15) is 0 Å². The normalized spacial score (nSPS) is 24.3. The van der Waals surface area contributed by atoms with Gasteiger partial charge in [0.15, 0.2) is 0 Å². The molecule has 194 valence electrons. The van der Waals surface area contributed by atoms with E-state index in [1.165, 1.54) is 16.7 Å². The van der Waals surface area contributed by atoms with Gasteiger partial charge in [0.25, 0.3) is 0 Å². The van der Waals surface area contributed by atoms with Crippen LogP contribution in [-0.4, -0.2) is 69.0 Å². The van der Waals surface area contributed by atoms with E-state index in [1.54, 1.807) is 0 Å². The Hall–Kier alpha value is -2.26. The summed E-state index contributed by atoms with van der Waals surface area (Å²) in [5.74, 6) is 0.675. The quantitative estimate of drug-likeness (QED) is 0.501. The molecule has 1 aliphatic carbocycles. The number of nitrogens with one attached hydrogen (secondary N) is 1. The van der Waals surface area contributed by atoms with Crippen molar-refractivity contribution in [2.24, 2.45) is 5.92 Å². The molecule has 3 aromatic rings. The first-order valence-electron chi connectivity index (χ1n) is 13.2. The summed E-state index contributed by atoms with van der Waals surface area (Å²) in [4.78, 5) is 27.4. The molecule has 6 rings (SSSR count). The van der Waals surface area contributed by atoms with Crippen LogP contribution in [0.3, 0.4) is 0 Å². The van der Waals surface area contributed by atoms with Crippen LogP contribution >= 0.6 is 27.5 Å². The summed E-state index contributed by atoms with van der Waals surface area (Å²) in [5.41, 5.74) is 4.87. The van der Waals surface area contributed by atoms with Gasteiger partial charge in [-0.25, -0.2) is 4.98 Å². The molecule has 0 saturated carbocycles. The topological polar surface area (TPSA) is 66.3 Å². The van der Waals surface area contributed by atoms with Gasteiger partial charge in [-0.2, -0.15) is 0 Å². The number of halogens is 2. The Kier molecular flexibility index (Phi) is 7.34. The van der Waals surface area contributed by atoms with Crippen molar-refractivity contribution in [1.29, 1.82) is 0 Å². The largest absolute Gasteiger partial charge is 0.341 e. The molecule has 2 fully saturated rings. The maximum absolute atomic E-state index is 13.8. The highest BCUT2D eigenvalue weighted by molar-refractivity contribution is 9.10. The SMILES string of the molecule is O=C([C@H]1CN([C@@H]2c3ccc(Cl)cc3CCc3cc(Br)cnc32)CCN1)N1CCC[C@@H](Cn2ccnc2)C1. The number of piperazine rings is 1. The first-order valence-corrected chi connectivity index (χ1v) is 14.4. The molecule has 2 saturated heterocycles. The second-order valence-electron chi connectivity index (χ2n) is 10.5.